The molecule has 2 aliphatic rings. The van der Waals surface area contributed by atoms with Gasteiger partial charge in [-0.05, 0) is 38.6 Å². The average molecular weight is 245 g/mol. The van der Waals surface area contributed by atoms with Gasteiger partial charge >= 0.3 is 0 Å². The molecular weight excluding hydrogens is 221 g/mol. The van der Waals surface area contributed by atoms with Crippen molar-refractivity contribution in [3.05, 3.63) is 0 Å². The fourth-order valence-corrected chi connectivity index (χ4v) is 2.66. The molecule has 0 unspecified atom stereocenters. The average Bonchev–Trinajstić information content (AvgIpc) is 2.89. The molecule has 4 heteroatoms. The Hall–Kier alpha value is -0.190. The van der Waals surface area contributed by atoms with E-state index in [4.69, 9.17) is 9.47 Å². The van der Waals surface area contributed by atoms with Gasteiger partial charge in [0, 0.05) is 19.7 Å². The molecule has 2 saturated heterocycles. The van der Waals surface area contributed by atoms with Crippen LogP contribution in [0.2, 0.25) is 0 Å². The first-order chi connectivity index (χ1) is 8.40. The minimum atomic E-state index is -0.179. The first-order valence-corrected chi connectivity index (χ1v) is 6.91. The first kappa shape index (κ1) is 13.2. The van der Waals surface area contributed by atoms with Gasteiger partial charge in [0.15, 0.2) is 0 Å². The maximum atomic E-state index is 12.0. The van der Waals surface area contributed by atoms with Gasteiger partial charge in [0.25, 0.3) is 0 Å². The largest absolute Gasteiger partial charge is 0.375 e. The van der Waals surface area contributed by atoms with Crippen LogP contribution in [0.1, 0.15) is 32.1 Å². The lowest BCUT2D eigenvalue weighted by atomic mass is 10.1. The van der Waals surface area contributed by atoms with Crippen molar-refractivity contribution >= 4 is 0 Å². The van der Waals surface area contributed by atoms with Crippen LogP contribution < -0.4 is 0 Å². The molecule has 2 heterocycles. The number of rotatable bonds is 6. The van der Waals surface area contributed by atoms with Gasteiger partial charge < -0.3 is 9.47 Å². The molecule has 0 amide bonds. The van der Waals surface area contributed by atoms with E-state index in [1.165, 1.54) is 6.42 Å². The van der Waals surface area contributed by atoms with Crippen LogP contribution in [0.15, 0.2) is 0 Å². The molecule has 0 aromatic carbocycles. The molecule has 0 N–H and O–H groups in total. The standard InChI is InChI=1S/C13H24FNO2/c14-6-2-1-3-7-15-8-10-17-13(11-15)12-5-4-9-16-12/h12-13H,1-11H2/t12-,13-/m1/s1. The van der Waals surface area contributed by atoms with Crippen LogP contribution >= 0.6 is 0 Å². The Balaban J connectivity index is 1.65. The van der Waals surface area contributed by atoms with E-state index >= 15 is 0 Å². The summed E-state index contributed by atoms with van der Waals surface area (Å²) < 4.78 is 23.5. The van der Waals surface area contributed by atoms with Crippen molar-refractivity contribution < 1.29 is 13.9 Å². The van der Waals surface area contributed by atoms with Gasteiger partial charge in [0.05, 0.1) is 25.5 Å². The molecule has 3 nitrogen and oxygen atoms in total. The molecule has 0 bridgehead atoms. The number of alkyl halides is 1. The van der Waals surface area contributed by atoms with Crippen LogP contribution in [-0.4, -0.2) is 56.6 Å². The minimum Gasteiger partial charge on any atom is -0.375 e. The molecule has 0 aromatic heterocycles. The third-order valence-electron chi connectivity index (χ3n) is 3.67. The van der Waals surface area contributed by atoms with Crippen molar-refractivity contribution in [2.45, 2.75) is 44.3 Å². The van der Waals surface area contributed by atoms with Gasteiger partial charge in [0.1, 0.15) is 0 Å². The van der Waals surface area contributed by atoms with Crippen molar-refractivity contribution in [2.75, 3.05) is 39.5 Å². The normalized spacial score (nSPS) is 30.9. The highest BCUT2D eigenvalue weighted by Gasteiger charge is 2.30. The van der Waals surface area contributed by atoms with Crippen molar-refractivity contribution in [3.63, 3.8) is 0 Å². The number of hydrogen-bond donors (Lipinski definition) is 0. The smallest absolute Gasteiger partial charge is 0.0963 e. The molecule has 0 radical (unpaired) electrons. The molecule has 2 aliphatic heterocycles. The highest BCUT2D eigenvalue weighted by atomic mass is 19.1. The summed E-state index contributed by atoms with van der Waals surface area (Å²) in [5.41, 5.74) is 0. The highest BCUT2D eigenvalue weighted by Crippen LogP contribution is 2.21. The van der Waals surface area contributed by atoms with Crippen LogP contribution in [0.3, 0.4) is 0 Å². The van der Waals surface area contributed by atoms with Crippen molar-refractivity contribution in [3.8, 4) is 0 Å². The summed E-state index contributed by atoms with van der Waals surface area (Å²) in [7, 11) is 0. The predicted molar refractivity (Wildman–Crippen MR) is 65.0 cm³/mol. The fraction of sp³-hybridized carbons (Fsp3) is 1.00. The van der Waals surface area contributed by atoms with E-state index in [1.54, 1.807) is 0 Å². The van der Waals surface area contributed by atoms with Gasteiger partial charge in [-0.25, -0.2) is 0 Å². The Labute approximate surface area is 103 Å². The zero-order valence-corrected chi connectivity index (χ0v) is 10.6. The minimum absolute atomic E-state index is 0.179. The van der Waals surface area contributed by atoms with Crippen molar-refractivity contribution in [1.82, 2.24) is 4.90 Å². The Morgan fingerprint density at radius 2 is 1.94 bits per heavy atom. The lowest BCUT2D eigenvalue weighted by Crippen LogP contribution is -2.47. The van der Waals surface area contributed by atoms with E-state index in [2.05, 4.69) is 4.90 Å². The van der Waals surface area contributed by atoms with Crippen molar-refractivity contribution in [2.24, 2.45) is 0 Å². The molecule has 100 valence electrons. The highest BCUT2D eigenvalue weighted by molar-refractivity contribution is 4.81. The molecule has 2 rings (SSSR count). The summed E-state index contributed by atoms with van der Waals surface area (Å²) in [4.78, 5) is 2.44. The maximum Gasteiger partial charge on any atom is 0.0963 e. The quantitative estimate of drug-likeness (QED) is 0.668. The topological polar surface area (TPSA) is 21.7 Å². The number of nitrogens with zero attached hydrogens (tertiary/aromatic N) is 1. The van der Waals surface area contributed by atoms with Gasteiger partial charge in [-0.15, -0.1) is 0 Å². The third-order valence-corrected chi connectivity index (χ3v) is 3.67. The fourth-order valence-electron chi connectivity index (χ4n) is 2.66. The summed E-state index contributed by atoms with van der Waals surface area (Å²) in [5.74, 6) is 0. The number of halogens is 1. The molecule has 0 aromatic rings. The third kappa shape index (κ3) is 4.19. The molecule has 0 saturated carbocycles. The summed E-state index contributed by atoms with van der Waals surface area (Å²) >= 11 is 0. The van der Waals surface area contributed by atoms with E-state index < -0.39 is 0 Å². The summed E-state index contributed by atoms with van der Waals surface area (Å²) in [6.45, 7) is 4.60. The first-order valence-electron chi connectivity index (χ1n) is 6.91. The Kier molecular flexibility index (Phi) is 5.68. The second-order valence-corrected chi connectivity index (χ2v) is 5.01. The van der Waals surface area contributed by atoms with E-state index in [0.717, 1.165) is 52.1 Å². The summed E-state index contributed by atoms with van der Waals surface area (Å²) in [6, 6.07) is 0. The maximum absolute atomic E-state index is 12.0. The van der Waals surface area contributed by atoms with Crippen LogP contribution in [-0.2, 0) is 9.47 Å². The Morgan fingerprint density at radius 1 is 1.06 bits per heavy atom. The molecular formula is C13H24FNO2. The Bertz CT molecular complexity index is 210. The lowest BCUT2D eigenvalue weighted by Gasteiger charge is -2.35. The molecule has 2 atom stereocenters. The zero-order valence-electron chi connectivity index (χ0n) is 10.6. The second kappa shape index (κ2) is 7.29. The van der Waals surface area contributed by atoms with Gasteiger partial charge in [-0.3, -0.25) is 9.29 Å². The van der Waals surface area contributed by atoms with E-state index in [-0.39, 0.29) is 12.8 Å². The van der Waals surface area contributed by atoms with E-state index in [1.807, 2.05) is 0 Å². The summed E-state index contributed by atoms with van der Waals surface area (Å²) in [6.07, 6.45) is 5.68. The number of hydrogen-bond acceptors (Lipinski definition) is 3. The second-order valence-electron chi connectivity index (χ2n) is 5.01. The molecule has 17 heavy (non-hydrogen) atoms. The van der Waals surface area contributed by atoms with E-state index in [9.17, 15) is 4.39 Å². The molecule has 0 spiro atoms. The van der Waals surface area contributed by atoms with Gasteiger partial charge in [-0.2, -0.15) is 0 Å². The predicted octanol–water partition coefficient (Wildman–Crippen LogP) is 2.01. The van der Waals surface area contributed by atoms with Crippen LogP contribution in [0.25, 0.3) is 0 Å². The molecule has 0 aliphatic carbocycles. The number of morpholine rings is 1. The van der Waals surface area contributed by atoms with Crippen LogP contribution in [0.5, 0.6) is 0 Å². The van der Waals surface area contributed by atoms with Gasteiger partial charge in [0.2, 0.25) is 0 Å². The SMILES string of the molecule is FCCCCCN1CCO[C@@H]([C@H]2CCCO2)C1. The van der Waals surface area contributed by atoms with Gasteiger partial charge in [-0.1, -0.05) is 0 Å². The Morgan fingerprint density at radius 3 is 2.71 bits per heavy atom. The van der Waals surface area contributed by atoms with E-state index in [0.29, 0.717) is 12.5 Å². The summed E-state index contributed by atoms with van der Waals surface area (Å²) in [5, 5.41) is 0. The molecule has 2 fully saturated rings. The van der Waals surface area contributed by atoms with Crippen LogP contribution in [0.4, 0.5) is 4.39 Å². The lowest BCUT2D eigenvalue weighted by molar-refractivity contribution is -0.0943. The zero-order chi connectivity index (χ0) is 11.9. The monoisotopic (exact) mass is 245 g/mol. The van der Waals surface area contributed by atoms with Crippen LogP contribution in [0, 0.1) is 0 Å². The number of unbranched alkanes of at least 4 members (excludes halogenated alkanes) is 2. The van der Waals surface area contributed by atoms with Crippen molar-refractivity contribution in [1.29, 1.82) is 0 Å². The number of ether oxygens (including phenoxy) is 2.